The van der Waals surface area contributed by atoms with Crippen molar-refractivity contribution in [2.75, 3.05) is 38.8 Å². The van der Waals surface area contributed by atoms with Crippen molar-refractivity contribution in [2.45, 2.75) is 6.10 Å². The molecule has 0 spiro atoms. The monoisotopic (exact) mass is 258 g/mol. The number of esters is 1. The van der Waals surface area contributed by atoms with Gasteiger partial charge in [-0.1, -0.05) is 11.3 Å². The van der Waals surface area contributed by atoms with Gasteiger partial charge in [-0.25, -0.2) is 9.78 Å². The highest BCUT2D eigenvalue weighted by atomic mass is 32.1. The van der Waals surface area contributed by atoms with Crippen LogP contribution in [0.3, 0.4) is 0 Å². The third kappa shape index (κ3) is 3.39. The number of ether oxygens (including phenoxy) is 3. The standard InChI is InChI=1S/C10H14N2O4S/c1-14-9(13)8-5-12-10(17-8)11-4-7-6-15-2-3-16-7/h5,7H,2-4,6H2,1H3,(H,11,12). The largest absolute Gasteiger partial charge is 0.465 e. The van der Waals surface area contributed by atoms with Crippen LogP contribution in [0.1, 0.15) is 9.67 Å². The number of nitrogens with zero attached hydrogens (tertiary/aromatic N) is 1. The predicted octanol–water partition coefficient (Wildman–Crippen LogP) is 0.757. The molecule has 1 unspecified atom stereocenters. The molecule has 0 amide bonds. The van der Waals surface area contributed by atoms with E-state index in [1.165, 1.54) is 24.6 Å². The Kier molecular flexibility index (Phi) is 4.29. The van der Waals surface area contributed by atoms with E-state index in [2.05, 4.69) is 15.0 Å². The van der Waals surface area contributed by atoms with Crippen LogP contribution in [0.5, 0.6) is 0 Å². The summed E-state index contributed by atoms with van der Waals surface area (Å²) in [6, 6.07) is 0. The quantitative estimate of drug-likeness (QED) is 0.804. The fourth-order valence-electron chi connectivity index (χ4n) is 1.41. The van der Waals surface area contributed by atoms with Gasteiger partial charge in [0.25, 0.3) is 0 Å². The first-order chi connectivity index (χ1) is 8.29. The molecule has 6 nitrogen and oxygen atoms in total. The minimum absolute atomic E-state index is 0.0363. The normalized spacial score (nSPS) is 19.9. The van der Waals surface area contributed by atoms with Crippen LogP contribution < -0.4 is 5.32 Å². The molecule has 1 aromatic rings. The molecule has 1 atom stereocenters. The van der Waals surface area contributed by atoms with Crippen LogP contribution in [0.25, 0.3) is 0 Å². The van der Waals surface area contributed by atoms with Gasteiger partial charge in [-0.2, -0.15) is 0 Å². The number of hydrogen-bond acceptors (Lipinski definition) is 7. The highest BCUT2D eigenvalue weighted by molar-refractivity contribution is 7.17. The molecule has 1 saturated heterocycles. The smallest absolute Gasteiger partial charge is 0.349 e. The second-order valence-electron chi connectivity index (χ2n) is 3.47. The van der Waals surface area contributed by atoms with Crippen molar-refractivity contribution in [3.05, 3.63) is 11.1 Å². The van der Waals surface area contributed by atoms with E-state index in [1.54, 1.807) is 0 Å². The second kappa shape index (κ2) is 5.95. The van der Waals surface area contributed by atoms with Crippen molar-refractivity contribution in [3.8, 4) is 0 Å². The van der Waals surface area contributed by atoms with Crippen molar-refractivity contribution in [1.29, 1.82) is 0 Å². The molecule has 0 saturated carbocycles. The molecule has 1 aromatic heterocycles. The van der Waals surface area contributed by atoms with Gasteiger partial charge in [0, 0.05) is 6.54 Å². The molecule has 17 heavy (non-hydrogen) atoms. The Morgan fingerprint density at radius 1 is 1.71 bits per heavy atom. The molecule has 0 aliphatic carbocycles. The minimum Gasteiger partial charge on any atom is -0.465 e. The summed E-state index contributed by atoms with van der Waals surface area (Å²) < 4.78 is 15.4. The SMILES string of the molecule is COC(=O)c1cnc(NCC2COCCO2)s1. The molecule has 1 fully saturated rings. The average molecular weight is 258 g/mol. The van der Waals surface area contributed by atoms with Crippen LogP contribution in [0.15, 0.2) is 6.20 Å². The van der Waals surface area contributed by atoms with Crippen molar-refractivity contribution in [3.63, 3.8) is 0 Å². The number of aromatic nitrogens is 1. The molecule has 0 radical (unpaired) electrons. The zero-order valence-electron chi connectivity index (χ0n) is 9.47. The van der Waals surface area contributed by atoms with E-state index < -0.39 is 0 Å². The second-order valence-corrected chi connectivity index (χ2v) is 4.50. The Labute approximate surface area is 103 Å². The van der Waals surface area contributed by atoms with E-state index in [0.29, 0.717) is 36.4 Å². The van der Waals surface area contributed by atoms with Gasteiger partial charge < -0.3 is 19.5 Å². The van der Waals surface area contributed by atoms with Crippen molar-refractivity contribution in [1.82, 2.24) is 4.98 Å². The number of rotatable bonds is 4. The topological polar surface area (TPSA) is 69.7 Å². The Morgan fingerprint density at radius 2 is 2.59 bits per heavy atom. The molecule has 2 rings (SSSR count). The molecule has 0 bridgehead atoms. The van der Waals surface area contributed by atoms with Gasteiger partial charge >= 0.3 is 5.97 Å². The van der Waals surface area contributed by atoms with Crippen LogP contribution in [-0.4, -0.2) is 50.5 Å². The first kappa shape index (κ1) is 12.3. The first-order valence-electron chi connectivity index (χ1n) is 5.27. The lowest BCUT2D eigenvalue weighted by molar-refractivity contribution is -0.0818. The Morgan fingerprint density at radius 3 is 3.29 bits per heavy atom. The number of nitrogens with one attached hydrogen (secondary N) is 1. The van der Waals surface area contributed by atoms with Crippen molar-refractivity contribution in [2.24, 2.45) is 0 Å². The van der Waals surface area contributed by atoms with E-state index in [-0.39, 0.29) is 12.1 Å². The van der Waals surface area contributed by atoms with Gasteiger partial charge in [-0.05, 0) is 0 Å². The number of carbonyl (C=O) groups excluding carboxylic acids is 1. The first-order valence-corrected chi connectivity index (χ1v) is 6.08. The minimum atomic E-state index is -0.368. The van der Waals surface area contributed by atoms with Gasteiger partial charge in [0.1, 0.15) is 4.88 Å². The summed E-state index contributed by atoms with van der Waals surface area (Å²) in [5.41, 5.74) is 0. The number of carbonyl (C=O) groups is 1. The fraction of sp³-hybridized carbons (Fsp3) is 0.600. The van der Waals surface area contributed by atoms with Gasteiger partial charge in [0.15, 0.2) is 5.13 Å². The zero-order chi connectivity index (χ0) is 12.1. The summed E-state index contributed by atoms with van der Waals surface area (Å²) in [6.45, 7) is 2.48. The summed E-state index contributed by atoms with van der Waals surface area (Å²) in [5.74, 6) is -0.368. The lowest BCUT2D eigenvalue weighted by atomic mass is 10.3. The van der Waals surface area contributed by atoms with E-state index in [9.17, 15) is 4.79 Å². The van der Waals surface area contributed by atoms with Crippen molar-refractivity contribution >= 4 is 22.4 Å². The summed E-state index contributed by atoms with van der Waals surface area (Å²) in [6.07, 6.45) is 1.53. The predicted molar refractivity (Wildman–Crippen MR) is 62.5 cm³/mol. The van der Waals surface area contributed by atoms with Crippen LogP contribution >= 0.6 is 11.3 Å². The highest BCUT2D eigenvalue weighted by Crippen LogP contribution is 2.18. The van der Waals surface area contributed by atoms with Crippen molar-refractivity contribution < 1.29 is 19.0 Å². The molecular formula is C10H14N2O4S. The number of methoxy groups -OCH3 is 1. The average Bonchev–Trinajstić information content (AvgIpc) is 2.85. The van der Waals surface area contributed by atoms with Gasteiger partial charge in [0.05, 0.1) is 39.2 Å². The third-order valence-corrected chi connectivity index (χ3v) is 3.19. The molecular weight excluding hydrogens is 244 g/mol. The van der Waals surface area contributed by atoms with Crippen LogP contribution in [0.4, 0.5) is 5.13 Å². The molecule has 7 heteroatoms. The van der Waals surface area contributed by atoms with Gasteiger partial charge in [-0.15, -0.1) is 0 Å². The maximum atomic E-state index is 11.2. The molecule has 1 aliphatic rings. The van der Waals surface area contributed by atoms with E-state index in [1.807, 2.05) is 0 Å². The van der Waals surface area contributed by atoms with Gasteiger partial charge in [-0.3, -0.25) is 0 Å². The third-order valence-electron chi connectivity index (χ3n) is 2.26. The van der Waals surface area contributed by atoms with Crippen LogP contribution in [-0.2, 0) is 14.2 Å². The summed E-state index contributed by atoms with van der Waals surface area (Å²) >= 11 is 1.26. The summed E-state index contributed by atoms with van der Waals surface area (Å²) in [7, 11) is 1.35. The molecule has 0 aromatic carbocycles. The highest BCUT2D eigenvalue weighted by Gasteiger charge is 2.15. The lowest BCUT2D eigenvalue weighted by Crippen LogP contribution is -2.34. The van der Waals surface area contributed by atoms with E-state index in [4.69, 9.17) is 9.47 Å². The van der Waals surface area contributed by atoms with Gasteiger partial charge in [0.2, 0.25) is 0 Å². The van der Waals surface area contributed by atoms with E-state index in [0.717, 1.165) is 0 Å². The van der Waals surface area contributed by atoms with Crippen LogP contribution in [0, 0.1) is 0 Å². The summed E-state index contributed by atoms with van der Waals surface area (Å²) in [5, 5.41) is 3.79. The molecule has 1 aliphatic heterocycles. The molecule has 2 heterocycles. The lowest BCUT2D eigenvalue weighted by Gasteiger charge is -2.22. The Hall–Kier alpha value is -1.18. The fourth-order valence-corrected chi connectivity index (χ4v) is 2.15. The number of anilines is 1. The Bertz CT molecular complexity index is 376. The number of thiazole rings is 1. The maximum absolute atomic E-state index is 11.2. The number of hydrogen-bond donors (Lipinski definition) is 1. The summed E-state index contributed by atoms with van der Waals surface area (Å²) in [4.78, 5) is 15.8. The molecule has 1 N–H and O–H groups in total. The Balaban J connectivity index is 1.82. The van der Waals surface area contributed by atoms with Crippen LogP contribution in [0.2, 0.25) is 0 Å². The zero-order valence-corrected chi connectivity index (χ0v) is 10.3. The van der Waals surface area contributed by atoms with E-state index >= 15 is 0 Å². The molecule has 94 valence electrons. The maximum Gasteiger partial charge on any atom is 0.349 e.